The van der Waals surface area contributed by atoms with Crippen LogP contribution in [0.2, 0.25) is 0 Å². The maximum absolute atomic E-state index is 12.0. The SMILES string of the molecule is CNS(=O)(=O)c1ccc(C(=O)NC2CCCC2)cc1. The smallest absolute Gasteiger partial charge is 0.251 e. The Morgan fingerprint density at radius 2 is 1.74 bits per heavy atom. The third-order valence-electron chi connectivity index (χ3n) is 3.39. The quantitative estimate of drug-likeness (QED) is 0.873. The average molecular weight is 282 g/mol. The monoisotopic (exact) mass is 282 g/mol. The molecule has 0 atom stereocenters. The molecule has 1 fully saturated rings. The molecule has 0 saturated heterocycles. The minimum absolute atomic E-state index is 0.139. The van der Waals surface area contributed by atoms with Gasteiger partial charge in [-0.25, -0.2) is 13.1 Å². The first-order chi connectivity index (χ1) is 9.03. The number of amides is 1. The number of sulfonamides is 1. The van der Waals surface area contributed by atoms with E-state index < -0.39 is 10.0 Å². The first-order valence-corrected chi connectivity index (χ1v) is 7.86. The van der Waals surface area contributed by atoms with Gasteiger partial charge in [-0.3, -0.25) is 4.79 Å². The van der Waals surface area contributed by atoms with Crippen LogP contribution in [-0.4, -0.2) is 27.4 Å². The summed E-state index contributed by atoms with van der Waals surface area (Å²) in [5.74, 6) is -0.139. The van der Waals surface area contributed by atoms with Crippen LogP contribution in [0.4, 0.5) is 0 Å². The van der Waals surface area contributed by atoms with Crippen molar-refractivity contribution in [2.75, 3.05) is 7.05 Å². The van der Waals surface area contributed by atoms with E-state index in [1.54, 1.807) is 0 Å². The number of nitrogens with one attached hydrogen (secondary N) is 2. The van der Waals surface area contributed by atoms with Gasteiger partial charge in [0.1, 0.15) is 0 Å². The molecule has 1 saturated carbocycles. The Hall–Kier alpha value is -1.40. The highest BCUT2D eigenvalue weighted by Crippen LogP contribution is 2.18. The van der Waals surface area contributed by atoms with Gasteiger partial charge in [-0.2, -0.15) is 0 Å². The van der Waals surface area contributed by atoms with Crippen molar-refractivity contribution < 1.29 is 13.2 Å². The molecule has 1 amide bonds. The van der Waals surface area contributed by atoms with Crippen molar-refractivity contribution in [1.29, 1.82) is 0 Å². The van der Waals surface area contributed by atoms with Gasteiger partial charge in [-0.1, -0.05) is 12.8 Å². The van der Waals surface area contributed by atoms with Crippen molar-refractivity contribution in [3.8, 4) is 0 Å². The van der Waals surface area contributed by atoms with Gasteiger partial charge in [0.25, 0.3) is 5.91 Å². The molecule has 0 aromatic heterocycles. The Bertz CT molecular complexity index is 546. The van der Waals surface area contributed by atoms with Crippen LogP contribution in [-0.2, 0) is 10.0 Å². The van der Waals surface area contributed by atoms with Gasteiger partial charge in [-0.05, 0) is 44.2 Å². The Morgan fingerprint density at radius 1 is 1.16 bits per heavy atom. The van der Waals surface area contributed by atoms with Crippen LogP contribution in [0.25, 0.3) is 0 Å². The van der Waals surface area contributed by atoms with Gasteiger partial charge >= 0.3 is 0 Å². The summed E-state index contributed by atoms with van der Waals surface area (Å²) >= 11 is 0. The van der Waals surface area contributed by atoms with Crippen LogP contribution in [0, 0.1) is 0 Å². The van der Waals surface area contributed by atoms with Gasteiger partial charge in [0.15, 0.2) is 0 Å². The molecule has 0 radical (unpaired) electrons. The summed E-state index contributed by atoms with van der Waals surface area (Å²) in [6.45, 7) is 0. The molecule has 0 spiro atoms. The molecule has 1 aromatic carbocycles. The van der Waals surface area contributed by atoms with Gasteiger partial charge in [0.2, 0.25) is 10.0 Å². The van der Waals surface area contributed by atoms with Crippen LogP contribution in [0.3, 0.4) is 0 Å². The van der Waals surface area contributed by atoms with Crippen LogP contribution in [0.5, 0.6) is 0 Å². The number of hydrogen-bond acceptors (Lipinski definition) is 3. The van der Waals surface area contributed by atoms with E-state index in [1.165, 1.54) is 31.3 Å². The normalized spacial score (nSPS) is 16.5. The van der Waals surface area contributed by atoms with Crippen molar-refractivity contribution in [2.45, 2.75) is 36.6 Å². The Morgan fingerprint density at radius 3 is 2.26 bits per heavy atom. The summed E-state index contributed by atoms with van der Waals surface area (Å²) in [7, 11) is -2.09. The first-order valence-electron chi connectivity index (χ1n) is 6.37. The zero-order valence-corrected chi connectivity index (χ0v) is 11.7. The van der Waals surface area contributed by atoms with Crippen molar-refractivity contribution in [3.63, 3.8) is 0 Å². The number of carbonyl (C=O) groups is 1. The summed E-state index contributed by atoms with van der Waals surface area (Å²) in [6.07, 6.45) is 4.37. The van der Waals surface area contributed by atoms with Crippen LogP contribution in [0.15, 0.2) is 29.2 Å². The van der Waals surface area contributed by atoms with Crippen LogP contribution in [0.1, 0.15) is 36.0 Å². The topological polar surface area (TPSA) is 75.3 Å². The van der Waals surface area contributed by atoms with Crippen molar-refractivity contribution in [3.05, 3.63) is 29.8 Å². The van der Waals surface area contributed by atoms with E-state index in [9.17, 15) is 13.2 Å². The second kappa shape index (κ2) is 5.71. The molecular formula is C13H18N2O3S. The van der Waals surface area contributed by atoms with E-state index in [1.807, 2.05) is 0 Å². The minimum Gasteiger partial charge on any atom is -0.349 e. The summed E-state index contributed by atoms with van der Waals surface area (Å²) in [4.78, 5) is 12.1. The standard InChI is InChI=1S/C13H18N2O3S/c1-14-19(17,18)12-8-6-10(7-9-12)13(16)15-11-4-2-3-5-11/h6-9,11,14H,2-5H2,1H3,(H,15,16). The molecule has 5 nitrogen and oxygen atoms in total. The summed E-state index contributed by atoms with van der Waals surface area (Å²) in [5.41, 5.74) is 0.488. The van der Waals surface area contributed by atoms with Crippen molar-refractivity contribution in [1.82, 2.24) is 10.0 Å². The minimum atomic E-state index is -3.44. The van der Waals surface area contributed by atoms with Gasteiger partial charge in [0.05, 0.1) is 4.90 Å². The third kappa shape index (κ3) is 3.33. The zero-order chi connectivity index (χ0) is 13.9. The number of benzene rings is 1. The lowest BCUT2D eigenvalue weighted by Crippen LogP contribution is -2.32. The number of rotatable bonds is 4. The lowest BCUT2D eigenvalue weighted by molar-refractivity contribution is 0.0938. The fraction of sp³-hybridized carbons (Fsp3) is 0.462. The van der Waals surface area contributed by atoms with E-state index in [-0.39, 0.29) is 16.8 Å². The van der Waals surface area contributed by atoms with E-state index in [0.29, 0.717) is 5.56 Å². The first kappa shape index (κ1) is 14.0. The van der Waals surface area contributed by atoms with Gasteiger partial charge in [-0.15, -0.1) is 0 Å². The molecule has 0 aliphatic heterocycles. The Balaban J connectivity index is 2.07. The molecule has 6 heteroatoms. The molecule has 2 N–H and O–H groups in total. The maximum Gasteiger partial charge on any atom is 0.251 e. The molecule has 1 aliphatic rings. The van der Waals surface area contributed by atoms with E-state index in [0.717, 1.165) is 25.7 Å². The second-order valence-electron chi connectivity index (χ2n) is 4.69. The fourth-order valence-electron chi connectivity index (χ4n) is 2.24. The molecule has 1 aliphatic carbocycles. The van der Waals surface area contributed by atoms with Crippen molar-refractivity contribution >= 4 is 15.9 Å². The molecular weight excluding hydrogens is 264 g/mol. The van der Waals surface area contributed by atoms with E-state index in [4.69, 9.17) is 0 Å². The molecule has 1 aromatic rings. The predicted molar refractivity (Wildman–Crippen MR) is 72.4 cm³/mol. The average Bonchev–Trinajstić information content (AvgIpc) is 2.91. The lowest BCUT2D eigenvalue weighted by Gasteiger charge is -2.12. The van der Waals surface area contributed by atoms with Crippen molar-refractivity contribution in [2.24, 2.45) is 0 Å². The predicted octanol–water partition coefficient (Wildman–Crippen LogP) is 1.27. The Labute approximate surface area is 113 Å². The second-order valence-corrected chi connectivity index (χ2v) is 6.57. The van der Waals surface area contributed by atoms with Gasteiger partial charge < -0.3 is 5.32 Å². The fourth-order valence-corrected chi connectivity index (χ4v) is 2.97. The molecule has 0 bridgehead atoms. The largest absolute Gasteiger partial charge is 0.349 e. The molecule has 0 unspecified atom stereocenters. The van der Waals surface area contributed by atoms with E-state index in [2.05, 4.69) is 10.0 Å². The summed E-state index contributed by atoms with van der Waals surface area (Å²) in [6, 6.07) is 6.21. The number of hydrogen-bond donors (Lipinski definition) is 2. The number of carbonyl (C=O) groups excluding carboxylic acids is 1. The van der Waals surface area contributed by atoms with E-state index >= 15 is 0 Å². The molecule has 0 heterocycles. The highest BCUT2D eigenvalue weighted by Gasteiger charge is 2.18. The zero-order valence-electron chi connectivity index (χ0n) is 10.8. The summed E-state index contributed by atoms with van der Waals surface area (Å²) < 4.78 is 25.3. The molecule has 19 heavy (non-hydrogen) atoms. The lowest BCUT2D eigenvalue weighted by atomic mass is 10.2. The molecule has 104 valence electrons. The molecule has 2 rings (SSSR count). The highest BCUT2D eigenvalue weighted by atomic mass is 32.2. The summed E-state index contributed by atoms with van der Waals surface area (Å²) in [5, 5.41) is 2.96. The van der Waals surface area contributed by atoms with Gasteiger partial charge in [0, 0.05) is 11.6 Å². The highest BCUT2D eigenvalue weighted by molar-refractivity contribution is 7.89. The van der Waals surface area contributed by atoms with Crippen LogP contribution < -0.4 is 10.0 Å². The Kier molecular flexibility index (Phi) is 4.21. The maximum atomic E-state index is 12.0. The third-order valence-corrected chi connectivity index (χ3v) is 4.82. The van der Waals surface area contributed by atoms with Crippen LogP contribution >= 0.6 is 0 Å².